The molecule has 0 fully saturated rings. The molecule has 0 N–H and O–H groups in total. The highest BCUT2D eigenvalue weighted by Crippen LogP contribution is 2.29. The van der Waals surface area contributed by atoms with E-state index in [0.717, 1.165) is 11.1 Å². The lowest BCUT2D eigenvalue weighted by Crippen LogP contribution is -2.04. The summed E-state index contributed by atoms with van der Waals surface area (Å²) in [5.74, 6) is 0.495. The number of fused-ring (bicyclic) bond motifs is 2. The number of carbonyl (C=O) groups excluding carboxylic acids is 1. The Kier molecular flexibility index (Phi) is 1.55. The highest BCUT2D eigenvalue weighted by molar-refractivity contribution is 5.91. The summed E-state index contributed by atoms with van der Waals surface area (Å²) in [6.45, 7) is 1.43. The summed E-state index contributed by atoms with van der Waals surface area (Å²) in [6, 6.07) is 9.02. The molecule has 2 aromatic rings. The van der Waals surface area contributed by atoms with E-state index < -0.39 is 12.8 Å². The Morgan fingerprint density at radius 2 is 1.94 bits per heavy atom. The average molecular weight is 214 g/mol. The molecule has 2 heteroatoms. The van der Waals surface area contributed by atoms with Crippen LogP contribution in [-0.2, 0) is 12.8 Å². The molecule has 0 amide bonds. The summed E-state index contributed by atoms with van der Waals surface area (Å²) >= 11 is 0. The van der Waals surface area contributed by atoms with E-state index in [1.807, 2.05) is 24.3 Å². The zero-order valence-electron chi connectivity index (χ0n) is 10.9. The monoisotopic (exact) mass is 214 g/mol. The predicted octanol–water partition coefficient (Wildman–Crippen LogP) is 2.98. The van der Waals surface area contributed by atoms with E-state index in [0.29, 0.717) is 11.3 Å². The molecule has 0 radical (unpaired) electrons. The average Bonchev–Trinajstić information content (AvgIpc) is 2.81. The van der Waals surface area contributed by atoms with Crippen molar-refractivity contribution >= 4 is 5.78 Å². The molecule has 3 rings (SSSR count). The van der Waals surface area contributed by atoms with Crippen LogP contribution < -0.4 is 0 Å². The summed E-state index contributed by atoms with van der Waals surface area (Å²) in [5.41, 5.74) is 2.24. The van der Waals surface area contributed by atoms with Crippen LogP contribution in [0.15, 0.2) is 34.7 Å². The minimum atomic E-state index is -0.647. The summed E-state index contributed by atoms with van der Waals surface area (Å²) in [4.78, 5) is 11.3. The molecule has 0 bridgehead atoms. The molecule has 2 atom stereocenters. The van der Waals surface area contributed by atoms with Crippen LogP contribution >= 0.6 is 0 Å². The molecule has 2 unspecified atom stereocenters. The van der Waals surface area contributed by atoms with E-state index in [9.17, 15) is 4.79 Å². The molecule has 1 aromatic carbocycles. The van der Waals surface area contributed by atoms with Gasteiger partial charge in [-0.25, -0.2) is 0 Å². The third kappa shape index (κ3) is 1.38. The molecule has 0 aliphatic heterocycles. The first-order valence-corrected chi connectivity index (χ1v) is 5.17. The van der Waals surface area contributed by atoms with Crippen molar-refractivity contribution in [2.45, 2.75) is 19.7 Å². The number of Topliss-reactive ketones (excluding diaryl/α,β-unsaturated/α-hetero) is 1. The first kappa shape index (κ1) is 7.44. The van der Waals surface area contributed by atoms with Gasteiger partial charge < -0.3 is 4.42 Å². The number of ketones is 1. The normalized spacial score (nSPS) is 24.1. The number of carbonyl (C=O) groups is 1. The van der Waals surface area contributed by atoms with E-state index >= 15 is 0 Å². The molecule has 0 saturated carbocycles. The van der Waals surface area contributed by atoms with Gasteiger partial charge in [0.15, 0.2) is 11.5 Å². The molecule has 0 saturated heterocycles. The molecular weight excluding hydrogens is 200 g/mol. The zero-order chi connectivity index (χ0) is 12.9. The van der Waals surface area contributed by atoms with Crippen LogP contribution in [0.4, 0.5) is 0 Å². The van der Waals surface area contributed by atoms with Crippen LogP contribution in [-0.4, -0.2) is 5.78 Å². The van der Waals surface area contributed by atoms with Crippen LogP contribution in [0.5, 0.6) is 0 Å². The fourth-order valence-electron chi connectivity index (χ4n) is 1.90. The highest BCUT2D eigenvalue weighted by Gasteiger charge is 2.20. The Balaban J connectivity index is 2.20. The van der Waals surface area contributed by atoms with Crippen LogP contribution in [0.1, 0.15) is 42.7 Å². The third-order valence-corrected chi connectivity index (χ3v) is 2.73. The van der Waals surface area contributed by atoms with Crippen molar-refractivity contribution in [3.05, 3.63) is 58.5 Å². The molecule has 1 heterocycles. The van der Waals surface area contributed by atoms with Gasteiger partial charge in [0, 0.05) is 22.5 Å². The quantitative estimate of drug-likeness (QED) is 0.683. The fraction of sp³-hybridized carbons (Fsp3) is 0.214. The smallest absolute Gasteiger partial charge is 0.194 e. The SMILES string of the molecule is [2H]C1c2ccccc2C([2H])c2oc(C(C)=O)cc21. The maximum absolute atomic E-state index is 11.3. The molecule has 80 valence electrons. The van der Waals surface area contributed by atoms with Crippen molar-refractivity contribution in [2.75, 3.05) is 0 Å². The summed E-state index contributed by atoms with van der Waals surface area (Å²) < 4.78 is 21.9. The standard InChI is InChI=1S/C14H12O2/c1-9(15)13-8-12-6-10-4-2-3-5-11(10)7-14(12)16-13/h2-5,8H,6-7H2,1H3/i6D,7D. The lowest BCUT2D eigenvalue weighted by Gasteiger charge is -2.14. The zero-order valence-corrected chi connectivity index (χ0v) is 8.86. The van der Waals surface area contributed by atoms with Gasteiger partial charge in [-0.3, -0.25) is 4.79 Å². The van der Waals surface area contributed by atoms with Crippen molar-refractivity contribution < 1.29 is 12.0 Å². The Bertz CT molecular complexity index is 584. The molecule has 1 aliphatic carbocycles. The number of hydrogen-bond acceptors (Lipinski definition) is 2. The third-order valence-electron chi connectivity index (χ3n) is 2.73. The number of rotatable bonds is 1. The van der Waals surface area contributed by atoms with Gasteiger partial charge in [-0.1, -0.05) is 24.3 Å². The maximum atomic E-state index is 11.3. The van der Waals surface area contributed by atoms with Crippen molar-refractivity contribution in [3.8, 4) is 0 Å². The highest BCUT2D eigenvalue weighted by atomic mass is 16.3. The van der Waals surface area contributed by atoms with Crippen LogP contribution in [0.25, 0.3) is 0 Å². The second-order valence-electron chi connectivity index (χ2n) is 3.90. The lowest BCUT2D eigenvalue weighted by atomic mass is 9.91. The van der Waals surface area contributed by atoms with Crippen molar-refractivity contribution in [2.24, 2.45) is 0 Å². The van der Waals surface area contributed by atoms with Gasteiger partial charge in [0.1, 0.15) is 5.76 Å². The van der Waals surface area contributed by atoms with Crippen molar-refractivity contribution in [1.29, 1.82) is 0 Å². The van der Waals surface area contributed by atoms with E-state index in [4.69, 9.17) is 7.16 Å². The van der Waals surface area contributed by atoms with Crippen LogP contribution in [0, 0.1) is 0 Å². The van der Waals surface area contributed by atoms with Crippen molar-refractivity contribution in [3.63, 3.8) is 0 Å². The number of benzene rings is 1. The Morgan fingerprint density at radius 3 is 2.62 bits per heavy atom. The number of furan rings is 1. The van der Waals surface area contributed by atoms with Crippen LogP contribution in [0.3, 0.4) is 0 Å². The summed E-state index contributed by atoms with van der Waals surface area (Å²) in [6.07, 6.45) is -1.22. The second kappa shape index (κ2) is 3.34. The van der Waals surface area contributed by atoms with E-state index in [1.54, 1.807) is 6.07 Å². The fourth-order valence-corrected chi connectivity index (χ4v) is 1.90. The Labute approximate surface area is 96.7 Å². The van der Waals surface area contributed by atoms with Gasteiger partial charge in [0.05, 0.1) is 0 Å². The summed E-state index contributed by atoms with van der Waals surface area (Å²) in [5, 5.41) is 0. The largest absolute Gasteiger partial charge is 0.457 e. The molecule has 1 aliphatic rings. The van der Waals surface area contributed by atoms with E-state index in [1.165, 1.54) is 6.92 Å². The van der Waals surface area contributed by atoms with Crippen molar-refractivity contribution in [1.82, 2.24) is 0 Å². The minimum absolute atomic E-state index is 0.173. The molecular formula is C14H12O2. The number of hydrogen-bond donors (Lipinski definition) is 0. The molecule has 16 heavy (non-hydrogen) atoms. The lowest BCUT2D eigenvalue weighted by molar-refractivity contribution is 0.0985. The van der Waals surface area contributed by atoms with Gasteiger partial charge in [-0.05, 0) is 22.8 Å². The van der Waals surface area contributed by atoms with E-state index in [-0.39, 0.29) is 11.5 Å². The predicted molar refractivity (Wildman–Crippen MR) is 60.8 cm³/mol. The Morgan fingerprint density at radius 1 is 1.25 bits per heavy atom. The van der Waals surface area contributed by atoms with Crippen LogP contribution in [0.2, 0.25) is 0 Å². The molecule has 1 aromatic heterocycles. The molecule has 0 spiro atoms. The maximum Gasteiger partial charge on any atom is 0.194 e. The van der Waals surface area contributed by atoms with Gasteiger partial charge >= 0.3 is 0 Å². The topological polar surface area (TPSA) is 30.2 Å². The van der Waals surface area contributed by atoms with Gasteiger partial charge in [0.2, 0.25) is 0 Å². The van der Waals surface area contributed by atoms with Gasteiger partial charge in [0.25, 0.3) is 0 Å². The molecule has 2 nitrogen and oxygen atoms in total. The second-order valence-corrected chi connectivity index (χ2v) is 3.90. The first-order valence-electron chi connectivity index (χ1n) is 6.33. The summed E-state index contributed by atoms with van der Waals surface area (Å²) in [7, 11) is 0. The van der Waals surface area contributed by atoms with Gasteiger partial charge in [-0.15, -0.1) is 0 Å². The Hall–Kier alpha value is -1.83. The van der Waals surface area contributed by atoms with E-state index in [2.05, 4.69) is 0 Å². The van der Waals surface area contributed by atoms with Gasteiger partial charge in [-0.2, -0.15) is 0 Å². The minimum Gasteiger partial charge on any atom is -0.457 e. The first-order chi connectivity index (χ1) is 8.59.